The molecule has 1 unspecified atom stereocenters. The van der Waals surface area contributed by atoms with Gasteiger partial charge in [0, 0.05) is 10.8 Å². The first-order valence-corrected chi connectivity index (χ1v) is 6.22. The number of nitrogens with one attached hydrogen (secondary N) is 1. The molecule has 0 saturated heterocycles. The molecule has 3 N–H and O–H groups in total. The highest BCUT2D eigenvalue weighted by Gasteiger charge is 2.13. The van der Waals surface area contributed by atoms with E-state index in [-0.39, 0.29) is 0 Å². The summed E-state index contributed by atoms with van der Waals surface area (Å²) in [7, 11) is 0. The zero-order valence-corrected chi connectivity index (χ0v) is 10.6. The number of fused-ring (bicyclic) bond motifs is 1. The number of aryl methyl sites for hydroxylation is 1. The van der Waals surface area contributed by atoms with Crippen molar-refractivity contribution in [1.82, 2.24) is 9.97 Å². The van der Waals surface area contributed by atoms with Crippen LogP contribution in [0.25, 0.3) is 10.2 Å². The molecule has 0 aliphatic carbocycles. The van der Waals surface area contributed by atoms with E-state index in [1.165, 1.54) is 4.88 Å². The van der Waals surface area contributed by atoms with Gasteiger partial charge in [-0.15, -0.1) is 11.3 Å². The minimum Gasteiger partial charge on any atom is -0.308 e. The number of hydrogen-bond donors (Lipinski definition) is 2. The molecule has 4 nitrogen and oxygen atoms in total. The van der Waals surface area contributed by atoms with Gasteiger partial charge in [0.15, 0.2) is 5.82 Å². The van der Waals surface area contributed by atoms with Crippen LogP contribution in [0.2, 0.25) is 0 Å². The number of aromatic nitrogens is 2. The monoisotopic (exact) mass is 236 g/mol. The highest BCUT2D eigenvalue weighted by molar-refractivity contribution is 7.18. The molecule has 0 aromatic carbocycles. The molecule has 0 radical (unpaired) electrons. The summed E-state index contributed by atoms with van der Waals surface area (Å²) in [4.78, 5) is 11.3. The first kappa shape index (κ1) is 11.3. The Morgan fingerprint density at radius 3 is 2.88 bits per heavy atom. The Kier molecular flexibility index (Phi) is 3.07. The highest BCUT2D eigenvalue weighted by atomic mass is 32.1. The third-order valence-electron chi connectivity index (χ3n) is 2.72. The predicted molar refractivity (Wildman–Crippen MR) is 68.7 cm³/mol. The molecule has 0 fully saturated rings. The smallest absolute Gasteiger partial charge is 0.152 e. The molecule has 0 amide bonds. The average Bonchev–Trinajstić information content (AvgIpc) is 2.66. The van der Waals surface area contributed by atoms with E-state index in [4.69, 9.17) is 5.84 Å². The van der Waals surface area contributed by atoms with E-state index in [0.717, 1.165) is 28.3 Å². The molecule has 0 bridgehead atoms. The topological polar surface area (TPSA) is 63.8 Å². The second kappa shape index (κ2) is 4.35. The first-order chi connectivity index (χ1) is 7.65. The lowest BCUT2D eigenvalue weighted by Crippen LogP contribution is -2.11. The van der Waals surface area contributed by atoms with Crippen LogP contribution in [0.1, 0.15) is 36.9 Å². The minimum atomic E-state index is 0.360. The Morgan fingerprint density at radius 2 is 2.25 bits per heavy atom. The lowest BCUT2D eigenvalue weighted by atomic mass is 10.1. The SMILES string of the molecule is CCC(C)c1nc(NN)c2cc(C)sc2n1. The number of nitrogens with zero attached hydrogens (tertiary/aromatic N) is 2. The van der Waals surface area contributed by atoms with Gasteiger partial charge < -0.3 is 5.43 Å². The maximum Gasteiger partial charge on any atom is 0.152 e. The fraction of sp³-hybridized carbons (Fsp3) is 0.455. The number of rotatable bonds is 3. The van der Waals surface area contributed by atoms with Gasteiger partial charge in [-0.05, 0) is 19.4 Å². The van der Waals surface area contributed by atoms with Crippen molar-refractivity contribution in [2.45, 2.75) is 33.1 Å². The molecule has 0 saturated carbocycles. The van der Waals surface area contributed by atoms with Gasteiger partial charge in [0.2, 0.25) is 0 Å². The van der Waals surface area contributed by atoms with Crippen LogP contribution in [-0.2, 0) is 0 Å². The van der Waals surface area contributed by atoms with E-state index in [9.17, 15) is 0 Å². The average molecular weight is 236 g/mol. The standard InChI is InChI=1S/C11H16N4S/c1-4-6(2)9-13-10(15-12)8-5-7(3)16-11(8)14-9/h5-6H,4,12H2,1-3H3,(H,13,14,15). The predicted octanol–water partition coefficient (Wildman–Crippen LogP) is 2.80. The van der Waals surface area contributed by atoms with E-state index in [2.05, 4.69) is 42.2 Å². The molecular formula is C11H16N4S. The number of hydrazine groups is 1. The van der Waals surface area contributed by atoms with Crippen LogP contribution in [0.4, 0.5) is 5.82 Å². The molecule has 5 heteroatoms. The van der Waals surface area contributed by atoms with Gasteiger partial charge in [-0.2, -0.15) is 0 Å². The second-order valence-electron chi connectivity index (χ2n) is 3.96. The van der Waals surface area contributed by atoms with Crippen molar-refractivity contribution in [3.8, 4) is 0 Å². The van der Waals surface area contributed by atoms with Gasteiger partial charge in [0.25, 0.3) is 0 Å². The van der Waals surface area contributed by atoms with E-state index < -0.39 is 0 Å². The summed E-state index contributed by atoms with van der Waals surface area (Å²) in [6, 6.07) is 2.07. The fourth-order valence-corrected chi connectivity index (χ4v) is 2.46. The molecule has 86 valence electrons. The van der Waals surface area contributed by atoms with Gasteiger partial charge in [0.05, 0.1) is 5.39 Å². The summed E-state index contributed by atoms with van der Waals surface area (Å²) in [5.41, 5.74) is 2.66. The van der Waals surface area contributed by atoms with Gasteiger partial charge in [0.1, 0.15) is 10.7 Å². The molecule has 2 aromatic rings. The van der Waals surface area contributed by atoms with Crippen molar-refractivity contribution in [2.75, 3.05) is 5.43 Å². The van der Waals surface area contributed by atoms with Crippen LogP contribution in [-0.4, -0.2) is 9.97 Å². The highest BCUT2D eigenvalue weighted by Crippen LogP contribution is 2.29. The van der Waals surface area contributed by atoms with Crippen molar-refractivity contribution < 1.29 is 0 Å². The summed E-state index contributed by atoms with van der Waals surface area (Å²) in [6.45, 7) is 6.32. The van der Waals surface area contributed by atoms with E-state index in [1.54, 1.807) is 11.3 Å². The van der Waals surface area contributed by atoms with Crippen molar-refractivity contribution in [2.24, 2.45) is 5.84 Å². The van der Waals surface area contributed by atoms with Crippen LogP contribution in [0.5, 0.6) is 0 Å². The quantitative estimate of drug-likeness (QED) is 0.635. The van der Waals surface area contributed by atoms with E-state index in [1.807, 2.05) is 0 Å². The minimum absolute atomic E-state index is 0.360. The number of nitrogens with two attached hydrogens (primary N) is 1. The molecule has 2 heterocycles. The molecule has 16 heavy (non-hydrogen) atoms. The summed E-state index contributed by atoms with van der Waals surface area (Å²) in [5.74, 6) is 7.45. The number of thiophene rings is 1. The molecule has 2 rings (SSSR count). The number of hydrogen-bond acceptors (Lipinski definition) is 5. The Labute approximate surface area is 98.9 Å². The molecule has 0 spiro atoms. The fourth-order valence-electron chi connectivity index (χ4n) is 1.57. The molecule has 0 aliphatic heterocycles. The summed E-state index contributed by atoms with van der Waals surface area (Å²) < 4.78 is 0. The third kappa shape index (κ3) is 1.88. The summed E-state index contributed by atoms with van der Waals surface area (Å²) in [6.07, 6.45) is 1.03. The molecule has 0 aliphatic rings. The zero-order chi connectivity index (χ0) is 11.7. The summed E-state index contributed by atoms with van der Waals surface area (Å²) in [5, 5.41) is 1.01. The van der Waals surface area contributed by atoms with Crippen LogP contribution < -0.4 is 11.3 Å². The van der Waals surface area contributed by atoms with Gasteiger partial charge >= 0.3 is 0 Å². The van der Waals surface area contributed by atoms with Gasteiger partial charge in [-0.1, -0.05) is 13.8 Å². The molecule has 1 atom stereocenters. The van der Waals surface area contributed by atoms with Crippen molar-refractivity contribution in [3.05, 3.63) is 16.8 Å². The van der Waals surface area contributed by atoms with Crippen molar-refractivity contribution >= 4 is 27.4 Å². The van der Waals surface area contributed by atoms with Crippen LogP contribution in [0, 0.1) is 6.92 Å². The van der Waals surface area contributed by atoms with Crippen LogP contribution >= 0.6 is 11.3 Å². The lowest BCUT2D eigenvalue weighted by Gasteiger charge is -2.09. The van der Waals surface area contributed by atoms with Gasteiger partial charge in [-0.3, -0.25) is 0 Å². The Morgan fingerprint density at radius 1 is 1.50 bits per heavy atom. The third-order valence-corrected chi connectivity index (χ3v) is 3.67. The first-order valence-electron chi connectivity index (χ1n) is 5.40. The Bertz CT molecular complexity index is 506. The Hall–Kier alpha value is -1.20. The number of nitrogen functional groups attached to an aromatic ring is 1. The van der Waals surface area contributed by atoms with E-state index in [0.29, 0.717) is 5.92 Å². The Balaban J connectivity index is 2.62. The van der Waals surface area contributed by atoms with E-state index >= 15 is 0 Å². The maximum absolute atomic E-state index is 5.50. The molecular weight excluding hydrogens is 220 g/mol. The summed E-state index contributed by atoms with van der Waals surface area (Å²) >= 11 is 1.68. The maximum atomic E-state index is 5.50. The van der Waals surface area contributed by atoms with Crippen molar-refractivity contribution in [1.29, 1.82) is 0 Å². The van der Waals surface area contributed by atoms with Crippen LogP contribution in [0.15, 0.2) is 6.07 Å². The normalized spacial score (nSPS) is 13.0. The second-order valence-corrected chi connectivity index (χ2v) is 5.19. The van der Waals surface area contributed by atoms with Crippen LogP contribution in [0.3, 0.4) is 0 Å². The van der Waals surface area contributed by atoms with Gasteiger partial charge in [-0.25, -0.2) is 15.8 Å². The number of anilines is 1. The lowest BCUT2D eigenvalue weighted by molar-refractivity contribution is 0.684. The van der Waals surface area contributed by atoms with Crippen molar-refractivity contribution in [3.63, 3.8) is 0 Å². The zero-order valence-electron chi connectivity index (χ0n) is 9.74. The molecule has 2 aromatic heterocycles. The largest absolute Gasteiger partial charge is 0.308 e.